The molecule has 5 heteroatoms. The summed E-state index contributed by atoms with van der Waals surface area (Å²) >= 11 is 11.5. The van der Waals surface area contributed by atoms with Crippen LogP contribution in [0.25, 0.3) is 0 Å². The topological polar surface area (TPSA) is 43.4 Å². The molecule has 0 aromatic carbocycles. The Balaban J connectivity index is 3.13. The molecule has 0 amide bonds. The zero-order valence-corrected chi connectivity index (χ0v) is 8.72. The highest BCUT2D eigenvalue weighted by atomic mass is 35.5. The summed E-state index contributed by atoms with van der Waals surface area (Å²) in [5.74, 6) is 1.01. The van der Waals surface area contributed by atoms with Gasteiger partial charge in [-0.2, -0.15) is 0 Å². The van der Waals surface area contributed by atoms with Crippen molar-refractivity contribution in [1.82, 2.24) is 0 Å². The molecule has 0 aromatic heterocycles. The zero-order valence-electron chi connectivity index (χ0n) is 7.21. The van der Waals surface area contributed by atoms with Crippen molar-refractivity contribution in [1.29, 1.82) is 0 Å². The second-order valence-corrected chi connectivity index (χ2v) is 3.35. The number of hydrogen-bond acceptors (Lipinski definition) is 3. The fourth-order valence-electron chi connectivity index (χ4n) is 1.00. The van der Waals surface area contributed by atoms with Crippen LogP contribution in [0.4, 0.5) is 0 Å². The normalized spacial score (nSPS) is 20.8. The summed E-state index contributed by atoms with van der Waals surface area (Å²) in [5.41, 5.74) is 0.230. The van der Waals surface area contributed by atoms with Gasteiger partial charge in [0, 0.05) is 0 Å². The summed E-state index contributed by atoms with van der Waals surface area (Å²) < 4.78 is 4.48. The lowest BCUT2D eigenvalue weighted by atomic mass is 10.0. The molecule has 0 saturated heterocycles. The molecule has 1 atom stereocenters. The van der Waals surface area contributed by atoms with Crippen molar-refractivity contribution in [2.45, 2.75) is 5.38 Å². The molecule has 0 saturated carbocycles. The maximum absolute atomic E-state index is 11.2. The number of carbonyl (C=O) groups excluding carboxylic acids is 2. The fourth-order valence-corrected chi connectivity index (χ4v) is 1.59. The predicted molar refractivity (Wildman–Crippen MR) is 52.9 cm³/mol. The molecule has 0 N–H and O–H groups in total. The number of halogens is 2. The first-order valence-electron chi connectivity index (χ1n) is 3.67. The van der Waals surface area contributed by atoms with E-state index in [2.05, 4.69) is 4.74 Å². The van der Waals surface area contributed by atoms with Crippen LogP contribution in [-0.2, 0) is 14.3 Å². The van der Waals surface area contributed by atoms with Crippen molar-refractivity contribution in [3.63, 3.8) is 0 Å². The van der Waals surface area contributed by atoms with E-state index in [-0.39, 0.29) is 16.2 Å². The summed E-state index contributed by atoms with van der Waals surface area (Å²) in [6, 6.07) is 0. The van der Waals surface area contributed by atoms with Crippen molar-refractivity contribution in [3.8, 4) is 0 Å². The van der Waals surface area contributed by atoms with Crippen LogP contribution in [0.15, 0.2) is 28.3 Å². The van der Waals surface area contributed by atoms with Gasteiger partial charge >= 0.3 is 5.97 Å². The molecular formula is C9H6Cl2O3. The Bertz CT molecular complexity index is 376. The Labute approximate surface area is 90.6 Å². The number of ether oxygens (including phenoxy) is 1. The third-order valence-electron chi connectivity index (χ3n) is 1.72. The van der Waals surface area contributed by atoms with Crippen LogP contribution in [0.5, 0.6) is 0 Å². The van der Waals surface area contributed by atoms with Gasteiger partial charge in [-0.3, -0.25) is 0 Å². The molecule has 1 unspecified atom stereocenters. The number of esters is 1. The number of rotatable bonds is 1. The predicted octanol–water partition coefficient (Wildman–Crippen LogP) is 1.59. The molecule has 14 heavy (non-hydrogen) atoms. The van der Waals surface area contributed by atoms with Crippen molar-refractivity contribution in [3.05, 3.63) is 28.3 Å². The van der Waals surface area contributed by atoms with E-state index < -0.39 is 11.3 Å². The van der Waals surface area contributed by atoms with Crippen LogP contribution in [0.3, 0.4) is 0 Å². The van der Waals surface area contributed by atoms with Crippen molar-refractivity contribution < 1.29 is 14.3 Å². The summed E-state index contributed by atoms with van der Waals surface area (Å²) in [5, 5.41) is -0.704. The number of allylic oxidation sites excluding steroid dienone is 4. The average Bonchev–Trinajstić information content (AvgIpc) is 2.18. The highest BCUT2D eigenvalue weighted by Gasteiger charge is 2.28. The largest absolute Gasteiger partial charge is 0.466 e. The molecule has 74 valence electrons. The van der Waals surface area contributed by atoms with Crippen LogP contribution >= 0.6 is 23.2 Å². The molecule has 0 heterocycles. The number of alkyl halides is 1. The minimum atomic E-state index is -0.891. The molecular weight excluding hydrogens is 227 g/mol. The fraction of sp³-hybridized carbons (Fsp3) is 0.222. The SMILES string of the molecule is COC(=O)C1=CC=C(Cl)C(=C=O)C1Cl. The number of hydrogen-bond donors (Lipinski definition) is 0. The van der Waals surface area contributed by atoms with Crippen LogP contribution in [-0.4, -0.2) is 24.4 Å². The van der Waals surface area contributed by atoms with Gasteiger partial charge in [0.05, 0.1) is 23.3 Å². The van der Waals surface area contributed by atoms with Gasteiger partial charge in [0.1, 0.15) is 11.3 Å². The molecule has 3 nitrogen and oxygen atoms in total. The smallest absolute Gasteiger partial charge is 0.335 e. The quantitative estimate of drug-likeness (QED) is 0.392. The zero-order chi connectivity index (χ0) is 10.7. The lowest BCUT2D eigenvalue weighted by molar-refractivity contribution is -0.136. The van der Waals surface area contributed by atoms with Crippen LogP contribution < -0.4 is 0 Å². The summed E-state index contributed by atoms with van der Waals surface area (Å²) in [6.07, 6.45) is 2.83. The summed E-state index contributed by atoms with van der Waals surface area (Å²) in [4.78, 5) is 21.6. The van der Waals surface area contributed by atoms with Gasteiger partial charge in [-0.05, 0) is 12.2 Å². The molecule has 0 radical (unpaired) electrons. The van der Waals surface area contributed by atoms with Gasteiger partial charge in [-0.15, -0.1) is 11.6 Å². The van der Waals surface area contributed by atoms with E-state index in [4.69, 9.17) is 23.2 Å². The molecule has 0 spiro atoms. The minimum Gasteiger partial charge on any atom is -0.466 e. The van der Waals surface area contributed by atoms with E-state index in [0.29, 0.717) is 0 Å². The van der Waals surface area contributed by atoms with E-state index in [1.165, 1.54) is 19.3 Å². The van der Waals surface area contributed by atoms with E-state index in [1.54, 1.807) is 5.94 Å². The van der Waals surface area contributed by atoms with Gasteiger partial charge in [-0.1, -0.05) is 11.6 Å². The Kier molecular flexibility index (Phi) is 3.53. The van der Waals surface area contributed by atoms with Gasteiger partial charge in [0.15, 0.2) is 0 Å². The van der Waals surface area contributed by atoms with E-state index in [9.17, 15) is 9.59 Å². The van der Waals surface area contributed by atoms with Crippen molar-refractivity contribution >= 4 is 35.1 Å². The molecule has 1 aliphatic carbocycles. The highest BCUT2D eigenvalue weighted by molar-refractivity contribution is 6.37. The first-order chi connectivity index (χ1) is 6.61. The van der Waals surface area contributed by atoms with E-state index in [0.717, 1.165) is 0 Å². The maximum atomic E-state index is 11.2. The van der Waals surface area contributed by atoms with Crippen LogP contribution in [0.2, 0.25) is 0 Å². The van der Waals surface area contributed by atoms with Crippen LogP contribution in [0, 0.1) is 0 Å². The van der Waals surface area contributed by atoms with Gasteiger partial charge in [0.25, 0.3) is 0 Å². The third-order valence-corrected chi connectivity index (χ3v) is 2.51. The summed E-state index contributed by atoms with van der Waals surface area (Å²) in [7, 11) is 1.23. The molecule has 0 fully saturated rings. The van der Waals surface area contributed by atoms with E-state index in [1.807, 2.05) is 0 Å². The van der Waals surface area contributed by atoms with Crippen molar-refractivity contribution in [2.24, 2.45) is 0 Å². The summed E-state index contributed by atoms with van der Waals surface area (Å²) in [6.45, 7) is 0. The Morgan fingerprint density at radius 3 is 2.71 bits per heavy atom. The van der Waals surface area contributed by atoms with Crippen molar-refractivity contribution in [2.75, 3.05) is 7.11 Å². The standard InChI is InChI=1S/C9H6Cl2O3/c1-14-9(13)5-2-3-7(10)6(4-12)8(5)11/h2-3,8H,1H3. The molecule has 1 aliphatic rings. The second-order valence-electron chi connectivity index (χ2n) is 2.51. The molecule has 0 aromatic rings. The lowest BCUT2D eigenvalue weighted by Crippen LogP contribution is -2.19. The minimum absolute atomic E-state index is 0.0521. The monoisotopic (exact) mass is 232 g/mol. The van der Waals surface area contributed by atoms with Crippen LogP contribution in [0.1, 0.15) is 0 Å². The Morgan fingerprint density at radius 1 is 1.57 bits per heavy atom. The molecule has 0 aliphatic heterocycles. The molecule has 0 bridgehead atoms. The average molecular weight is 233 g/mol. The number of methoxy groups -OCH3 is 1. The number of carbonyl (C=O) groups is 1. The van der Waals surface area contributed by atoms with E-state index >= 15 is 0 Å². The Hall–Kier alpha value is -1.02. The lowest BCUT2D eigenvalue weighted by Gasteiger charge is -2.15. The first-order valence-corrected chi connectivity index (χ1v) is 4.48. The van der Waals surface area contributed by atoms with Gasteiger partial charge in [0.2, 0.25) is 0 Å². The molecule has 1 rings (SSSR count). The second kappa shape index (κ2) is 4.47. The maximum Gasteiger partial charge on any atom is 0.335 e. The van der Waals surface area contributed by atoms with Gasteiger partial charge < -0.3 is 4.74 Å². The first kappa shape index (κ1) is 11.1. The highest BCUT2D eigenvalue weighted by Crippen LogP contribution is 2.30. The van der Waals surface area contributed by atoms with Gasteiger partial charge in [-0.25, -0.2) is 9.59 Å². The Morgan fingerprint density at radius 2 is 2.21 bits per heavy atom. The third kappa shape index (κ3) is 1.90.